The van der Waals surface area contributed by atoms with E-state index in [0.29, 0.717) is 11.1 Å². The highest BCUT2D eigenvalue weighted by Crippen LogP contribution is 2.41. The summed E-state index contributed by atoms with van der Waals surface area (Å²) in [7, 11) is 0. The summed E-state index contributed by atoms with van der Waals surface area (Å²) in [6.45, 7) is 7.07. The van der Waals surface area contributed by atoms with Gasteiger partial charge in [0.2, 0.25) is 0 Å². The van der Waals surface area contributed by atoms with Crippen molar-refractivity contribution < 1.29 is 4.79 Å². The van der Waals surface area contributed by atoms with Gasteiger partial charge in [0.25, 0.3) is 5.91 Å². The maximum atomic E-state index is 12.7. The third kappa shape index (κ3) is 3.54. The molecule has 0 atom stereocenters. The average Bonchev–Trinajstić information content (AvgIpc) is 3.11. The second kappa shape index (κ2) is 7.23. The molecule has 0 bridgehead atoms. The molecule has 2 fully saturated rings. The van der Waals surface area contributed by atoms with Gasteiger partial charge in [0.05, 0.1) is 6.20 Å². The molecule has 2 aliphatic heterocycles. The van der Waals surface area contributed by atoms with E-state index in [-0.39, 0.29) is 5.91 Å². The minimum absolute atomic E-state index is 0.108. The average molecular weight is 352 g/mol. The number of H-pyrrole nitrogens is 1. The van der Waals surface area contributed by atoms with Crippen LogP contribution < -0.4 is 0 Å². The first-order valence-corrected chi connectivity index (χ1v) is 9.71. The zero-order valence-corrected chi connectivity index (χ0v) is 15.6. The van der Waals surface area contributed by atoms with Crippen LogP contribution in [0.1, 0.15) is 47.3 Å². The van der Waals surface area contributed by atoms with E-state index in [0.717, 1.165) is 38.0 Å². The number of carbonyl (C=O) groups is 1. The summed E-state index contributed by atoms with van der Waals surface area (Å²) in [5.41, 5.74) is 3.43. The van der Waals surface area contributed by atoms with Gasteiger partial charge in [-0.05, 0) is 62.2 Å². The maximum absolute atomic E-state index is 12.7. The Morgan fingerprint density at radius 3 is 2.35 bits per heavy atom. The fourth-order valence-corrected chi connectivity index (χ4v) is 4.43. The first-order chi connectivity index (χ1) is 12.7. The van der Waals surface area contributed by atoms with Crippen molar-refractivity contribution in [3.8, 4) is 0 Å². The highest BCUT2D eigenvalue weighted by molar-refractivity contribution is 5.93. The molecule has 4 rings (SSSR count). The fourth-order valence-electron chi connectivity index (χ4n) is 4.43. The van der Waals surface area contributed by atoms with Gasteiger partial charge >= 0.3 is 0 Å². The molecule has 2 aliphatic rings. The number of likely N-dealkylation sites (tertiary alicyclic amines) is 2. The summed E-state index contributed by atoms with van der Waals surface area (Å²) in [5, 5.41) is 6.84. The highest BCUT2D eigenvalue weighted by Gasteiger charge is 2.38. The molecule has 2 aromatic rings. The molecular weight excluding hydrogens is 324 g/mol. The largest absolute Gasteiger partial charge is 0.337 e. The first-order valence-electron chi connectivity index (χ1n) is 9.71. The third-order valence-corrected chi connectivity index (χ3v) is 6.32. The first kappa shape index (κ1) is 17.3. The number of hydrogen-bond acceptors (Lipinski definition) is 3. The molecule has 1 aromatic carbocycles. The minimum atomic E-state index is 0.108. The Balaban J connectivity index is 1.30. The molecule has 2 saturated heterocycles. The molecule has 0 radical (unpaired) electrons. The Morgan fingerprint density at radius 1 is 1.08 bits per heavy atom. The number of aryl methyl sites for hydroxylation is 1. The van der Waals surface area contributed by atoms with E-state index in [2.05, 4.69) is 45.4 Å². The van der Waals surface area contributed by atoms with Crippen LogP contribution in [-0.2, 0) is 6.54 Å². The van der Waals surface area contributed by atoms with Gasteiger partial charge in [0.15, 0.2) is 0 Å². The van der Waals surface area contributed by atoms with Gasteiger partial charge in [0.1, 0.15) is 5.69 Å². The summed E-state index contributed by atoms with van der Waals surface area (Å²) >= 11 is 0. The van der Waals surface area contributed by atoms with Gasteiger partial charge < -0.3 is 4.90 Å². The molecule has 3 heterocycles. The van der Waals surface area contributed by atoms with E-state index in [1.165, 1.54) is 31.5 Å². The van der Waals surface area contributed by atoms with Crippen molar-refractivity contribution in [3.05, 3.63) is 53.3 Å². The summed E-state index contributed by atoms with van der Waals surface area (Å²) in [6.07, 6.45) is 6.49. The normalized spacial score (nSPS) is 20.4. The van der Waals surface area contributed by atoms with E-state index in [1.807, 2.05) is 11.8 Å². The summed E-state index contributed by atoms with van der Waals surface area (Å²) in [6, 6.07) is 10.7. The fraction of sp³-hybridized carbons (Fsp3) is 0.524. The van der Waals surface area contributed by atoms with Crippen molar-refractivity contribution in [3.63, 3.8) is 0 Å². The summed E-state index contributed by atoms with van der Waals surface area (Å²) < 4.78 is 0. The lowest BCUT2D eigenvalue weighted by Gasteiger charge is -2.47. The van der Waals surface area contributed by atoms with Crippen LogP contribution in [-0.4, -0.2) is 52.1 Å². The van der Waals surface area contributed by atoms with Crippen molar-refractivity contribution in [1.29, 1.82) is 0 Å². The van der Waals surface area contributed by atoms with Crippen LogP contribution in [0, 0.1) is 12.3 Å². The molecule has 138 valence electrons. The van der Waals surface area contributed by atoms with Gasteiger partial charge in [-0.1, -0.05) is 30.3 Å². The predicted octanol–water partition coefficient (Wildman–Crippen LogP) is 3.24. The molecule has 1 spiro atoms. The van der Waals surface area contributed by atoms with Gasteiger partial charge in [-0.3, -0.25) is 14.8 Å². The predicted molar refractivity (Wildman–Crippen MR) is 102 cm³/mol. The molecule has 5 nitrogen and oxygen atoms in total. The van der Waals surface area contributed by atoms with E-state index < -0.39 is 0 Å². The number of piperidine rings is 2. The van der Waals surface area contributed by atoms with Crippen molar-refractivity contribution in [1.82, 2.24) is 20.0 Å². The van der Waals surface area contributed by atoms with Gasteiger partial charge in [-0.25, -0.2) is 0 Å². The molecular formula is C21H28N4O. The lowest BCUT2D eigenvalue weighted by molar-refractivity contribution is 0.0282. The number of nitrogens with one attached hydrogen (secondary N) is 1. The van der Waals surface area contributed by atoms with E-state index in [4.69, 9.17) is 0 Å². The van der Waals surface area contributed by atoms with Crippen LogP contribution in [0.15, 0.2) is 36.5 Å². The second-order valence-corrected chi connectivity index (χ2v) is 7.98. The van der Waals surface area contributed by atoms with Crippen molar-refractivity contribution in [2.24, 2.45) is 5.41 Å². The molecule has 0 aliphatic carbocycles. The number of aromatic amines is 1. The van der Waals surface area contributed by atoms with Crippen LogP contribution in [0.3, 0.4) is 0 Å². The van der Waals surface area contributed by atoms with E-state index in [1.54, 1.807) is 6.20 Å². The van der Waals surface area contributed by atoms with Crippen LogP contribution in [0.25, 0.3) is 0 Å². The number of aromatic nitrogens is 2. The second-order valence-electron chi connectivity index (χ2n) is 7.98. The zero-order valence-electron chi connectivity index (χ0n) is 15.6. The molecule has 26 heavy (non-hydrogen) atoms. The Hall–Kier alpha value is -2.14. The number of hydrogen-bond donors (Lipinski definition) is 1. The number of benzene rings is 1. The van der Waals surface area contributed by atoms with Gasteiger partial charge in [-0.15, -0.1) is 0 Å². The number of carbonyl (C=O) groups excluding carboxylic acids is 1. The van der Waals surface area contributed by atoms with E-state index in [9.17, 15) is 4.79 Å². The van der Waals surface area contributed by atoms with E-state index >= 15 is 0 Å². The zero-order chi connectivity index (χ0) is 18.0. The smallest absolute Gasteiger partial charge is 0.272 e. The quantitative estimate of drug-likeness (QED) is 0.923. The van der Waals surface area contributed by atoms with Crippen LogP contribution >= 0.6 is 0 Å². The third-order valence-electron chi connectivity index (χ3n) is 6.32. The molecule has 5 heteroatoms. The molecule has 1 amide bonds. The van der Waals surface area contributed by atoms with Crippen molar-refractivity contribution in [2.45, 2.75) is 39.2 Å². The van der Waals surface area contributed by atoms with Crippen LogP contribution in [0.4, 0.5) is 0 Å². The Bertz CT molecular complexity index is 736. The van der Waals surface area contributed by atoms with Crippen LogP contribution in [0.5, 0.6) is 0 Å². The monoisotopic (exact) mass is 352 g/mol. The minimum Gasteiger partial charge on any atom is -0.337 e. The molecule has 0 unspecified atom stereocenters. The van der Waals surface area contributed by atoms with Crippen LogP contribution in [0.2, 0.25) is 0 Å². The number of amides is 1. The summed E-state index contributed by atoms with van der Waals surface area (Å²) in [5.74, 6) is 0.108. The topological polar surface area (TPSA) is 52.2 Å². The Kier molecular flexibility index (Phi) is 4.81. The standard InChI is InChI=1S/C21H28N4O/c1-17-15-22-23-19(17)20(26)25-13-9-21(10-14-25)7-11-24(12-8-21)16-18-5-3-2-4-6-18/h2-6,15H,7-14,16H2,1H3,(H,22,23). The Morgan fingerprint density at radius 2 is 1.73 bits per heavy atom. The Labute approximate surface area is 155 Å². The molecule has 1 aromatic heterocycles. The summed E-state index contributed by atoms with van der Waals surface area (Å²) in [4.78, 5) is 17.2. The molecule has 1 N–H and O–H groups in total. The number of nitrogens with zero attached hydrogens (tertiary/aromatic N) is 3. The van der Waals surface area contributed by atoms with Gasteiger partial charge in [0, 0.05) is 19.6 Å². The molecule has 0 saturated carbocycles. The van der Waals surface area contributed by atoms with Crippen molar-refractivity contribution in [2.75, 3.05) is 26.2 Å². The maximum Gasteiger partial charge on any atom is 0.272 e. The van der Waals surface area contributed by atoms with Crippen molar-refractivity contribution >= 4 is 5.91 Å². The highest BCUT2D eigenvalue weighted by atomic mass is 16.2. The lowest BCUT2D eigenvalue weighted by atomic mass is 9.71. The van der Waals surface area contributed by atoms with Gasteiger partial charge in [-0.2, -0.15) is 5.10 Å². The number of rotatable bonds is 3. The SMILES string of the molecule is Cc1cn[nH]c1C(=O)N1CCC2(CCN(Cc3ccccc3)CC2)CC1. The lowest BCUT2D eigenvalue weighted by Crippen LogP contribution is -2.48.